The van der Waals surface area contributed by atoms with E-state index in [1.165, 1.54) is 30.5 Å². The third-order valence-corrected chi connectivity index (χ3v) is 3.32. The molecule has 0 aliphatic carbocycles. The quantitative estimate of drug-likeness (QED) is 0.395. The average molecular weight is 364 g/mol. The van der Waals surface area contributed by atoms with Gasteiger partial charge in [0.15, 0.2) is 0 Å². The molecule has 0 radical (unpaired) electrons. The zero-order valence-electron chi connectivity index (χ0n) is 13.1. The lowest BCUT2D eigenvalue weighted by molar-refractivity contribution is -0.274. The highest BCUT2D eigenvalue weighted by Gasteiger charge is 2.31. The molecule has 2 N–H and O–H groups in total. The minimum absolute atomic E-state index is 0.0721. The van der Waals surface area contributed by atoms with Crippen LogP contribution in [0.1, 0.15) is 0 Å². The highest BCUT2D eigenvalue weighted by atomic mass is 19.4. The van der Waals surface area contributed by atoms with Crippen LogP contribution in [0.5, 0.6) is 17.2 Å². The molecule has 0 saturated heterocycles. The van der Waals surface area contributed by atoms with Gasteiger partial charge < -0.3 is 15.2 Å². The molecule has 26 heavy (non-hydrogen) atoms. The molecule has 3 rings (SSSR count). The van der Waals surface area contributed by atoms with E-state index in [4.69, 9.17) is 10.5 Å². The van der Waals surface area contributed by atoms with Gasteiger partial charge in [-0.3, -0.25) is 0 Å². The number of benzene rings is 2. The number of nitrogen functional groups attached to an aromatic ring is 1. The topological polar surface area (TPSA) is 57.4 Å². The molecule has 0 fully saturated rings. The van der Waals surface area contributed by atoms with Crippen molar-refractivity contribution >= 4 is 5.69 Å². The Kier molecular flexibility index (Phi) is 4.66. The van der Waals surface area contributed by atoms with Gasteiger partial charge in [-0.15, -0.1) is 13.2 Å². The molecule has 2 aromatic carbocycles. The SMILES string of the molecule is Nc1ccc(-c2cccnc2F)c(Oc2cccc(OC(F)(F)F)c2)c1. The summed E-state index contributed by atoms with van der Waals surface area (Å²) in [6.07, 6.45) is -3.52. The van der Waals surface area contributed by atoms with E-state index >= 15 is 0 Å². The lowest BCUT2D eigenvalue weighted by atomic mass is 10.1. The summed E-state index contributed by atoms with van der Waals surface area (Å²) in [6, 6.07) is 12.6. The number of alkyl halides is 3. The number of pyridine rings is 1. The molecular weight excluding hydrogens is 352 g/mol. The van der Waals surface area contributed by atoms with Crippen molar-refractivity contribution in [1.29, 1.82) is 0 Å². The Morgan fingerprint density at radius 3 is 2.38 bits per heavy atom. The number of ether oxygens (including phenoxy) is 2. The fourth-order valence-corrected chi connectivity index (χ4v) is 2.29. The van der Waals surface area contributed by atoms with Crippen LogP contribution in [0.25, 0.3) is 11.1 Å². The molecule has 0 unspecified atom stereocenters. The van der Waals surface area contributed by atoms with Gasteiger partial charge in [0.05, 0.1) is 0 Å². The minimum atomic E-state index is -4.82. The van der Waals surface area contributed by atoms with E-state index in [0.29, 0.717) is 11.3 Å². The average Bonchev–Trinajstić information content (AvgIpc) is 2.55. The summed E-state index contributed by atoms with van der Waals surface area (Å²) in [5.41, 5.74) is 6.62. The fraction of sp³-hybridized carbons (Fsp3) is 0.0556. The Bertz CT molecular complexity index is 929. The Morgan fingerprint density at radius 2 is 1.65 bits per heavy atom. The summed E-state index contributed by atoms with van der Waals surface area (Å²) < 4.78 is 60.6. The summed E-state index contributed by atoms with van der Waals surface area (Å²) in [7, 11) is 0. The minimum Gasteiger partial charge on any atom is -0.457 e. The first-order valence-electron chi connectivity index (χ1n) is 7.36. The number of hydrogen-bond donors (Lipinski definition) is 1. The number of rotatable bonds is 4. The van der Waals surface area contributed by atoms with Crippen molar-refractivity contribution in [3.05, 3.63) is 66.7 Å². The number of nitrogens with two attached hydrogens (primary N) is 1. The third-order valence-electron chi connectivity index (χ3n) is 3.32. The molecule has 0 amide bonds. The van der Waals surface area contributed by atoms with Crippen LogP contribution >= 0.6 is 0 Å². The van der Waals surface area contributed by atoms with Gasteiger partial charge >= 0.3 is 6.36 Å². The summed E-state index contributed by atoms with van der Waals surface area (Å²) in [4.78, 5) is 3.58. The van der Waals surface area contributed by atoms with Gasteiger partial charge in [-0.05, 0) is 36.4 Å². The van der Waals surface area contributed by atoms with E-state index in [2.05, 4.69) is 9.72 Å². The first-order chi connectivity index (χ1) is 12.3. The van der Waals surface area contributed by atoms with Crippen molar-refractivity contribution in [1.82, 2.24) is 4.98 Å². The zero-order valence-corrected chi connectivity index (χ0v) is 13.1. The lowest BCUT2D eigenvalue weighted by Gasteiger charge is -2.14. The van der Waals surface area contributed by atoms with Crippen LogP contribution in [0.15, 0.2) is 60.8 Å². The second kappa shape index (κ2) is 6.91. The van der Waals surface area contributed by atoms with Gasteiger partial charge in [-0.2, -0.15) is 4.39 Å². The van der Waals surface area contributed by atoms with E-state index in [0.717, 1.165) is 12.1 Å². The maximum Gasteiger partial charge on any atom is 0.573 e. The van der Waals surface area contributed by atoms with Crippen molar-refractivity contribution in [2.45, 2.75) is 6.36 Å². The van der Waals surface area contributed by atoms with Crippen molar-refractivity contribution in [2.24, 2.45) is 0 Å². The first kappa shape index (κ1) is 17.5. The molecule has 4 nitrogen and oxygen atoms in total. The second-order valence-corrected chi connectivity index (χ2v) is 5.22. The molecule has 134 valence electrons. The predicted molar refractivity (Wildman–Crippen MR) is 87.2 cm³/mol. The summed E-state index contributed by atoms with van der Waals surface area (Å²) in [5, 5.41) is 0. The van der Waals surface area contributed by atoms with Crippen LogP contribution in [0.3, 0.4) is 0 Å². The van der Waals surface area contributed by atoms with E-state index in [-0.39, 0.29) is 17.1 Å². The number of hydrogen-bond acceptors (Lipinski definition) is 4. The normalized spacial score (nSPS) is 11.2. The molecule has 8 heteroatoms. The molecule has 1 aromatic heterocycles. The van der Waals surface area contributed by atoms with Crippen LogP contribution in [-0.4, -0.2) is 11.3 Å². The van der Waals surface area contributed by atoms with E-state index in [9.17, 15) is 17.6 Å². The van der Waals surface area contributed by atoms with Crippen LogP contribution in [0.4, 0.5) is 23.2 Å². The summed E-state index contributed by atoms with van der Waals surface area (Å²) in [6.45, 7) is 0. The van der Waals surface area contributed by atoms with E-state index < -0.39 is 18.1 Å². The van der Waals surface area contributed by atoms with Crippen molar-refractivity contribution in [3.8, 4) is 28.4 Å². The van der Waals surface area contributed by atoms with Crippen LogP contribution in [0, 0.1) is 5.95 Å². The van der Waals surface area contributed by atoms with Crippen molar-refractivity contribution < 1.29 is 27.0 Å². The highest BCUT2D eigenvalue weighted by Crippen LogP contribution is 2.37. The molecule has 0 aliphatic heterocycles. The van der Waals surface area contributed by atoms with Gasteiger partial charge in [0.2, 0.25) is 5.95 Å². The van der Waals surface area contributed by atoms with Crippen LogP contribution < -0.4 is 15.2 Å². The largest absolute Gasteiger partial charge is 0.573 e. The number of halogens is 4. The molecule has 0 bridgehead atoms. The molecule has 1 heterocycles. The Morgan fingerprint density at radius 1 is 0.885 bits per heavy atom. The molecule has 0 spiro atoms. The number of aromatic nitrogens is 1. The lowest BCUT2D eigenvalue weighted by Crippen LogP contribution is -2.17. The van der Waals surface area contributed by atoms with E-state index in [1.54, 1.807) is 18.2 Å². The third kappa shape index (κ3) is 4.21. The Hall–Kier alpha value is -3.29. The maximum absolute atomic E-state index is 14.0. The Labute approximate surface area is 145 Å². The summed E-state index contributed by atoms with van der Waals surface area (Å²) >= 11 is 0. The van der Waals surface area contributed by atoms with Gasteiger partial charge in [0, 0.05) is 35.1 Å². The van der Waals surface area contributed by atoms with Gasteiger partial charge in [-0.25, -0.2) is 4.98 Å². The molecule has 0 atom stereocenters. The monoisotopic (exact) mass is 364 g/mol. The zero-order chi connectivity index (χ0) is 18.7. The van der Waals surface area contributed by atoms with Crippen molar-refractivity contribution in [2.75, 3.05) is 5.73 Å². The van der Waals surface area contributed by atoms with Crippen LogP contribution in [-0.2, 0) is 0 Å². The standard InChI is InChI=1S/C18H12F4N2O2/c19-17-15(5-2-8-24-17)14-7-6-11(23)9-16(14)25-12-3-1-4-13(10-12)26-18(20,21)22/h1-10H,23H2. The smallest absolute Gasteiger partial charge is 0.457 e. The fourth-order valence-electron chi connectivity index (χ4n) is 2.29. The second-order valence-electron chi connectivity index (χ2n) is 5.22. The Balaban J connectivity index is 1.97. The van der Waals surface area contributed by atoms with Crippen molar-refractivity contribution in [3.63, 3.8) is 0 Å². The highest BCUT2D eigenvalue weighted by molar-refractivity contribution is 5.73. The molecule has 3 aromatic rings. The van der Waals surface area contributed by atoms with Gasteiger partial charge in [0.1, 0.15) is 17.2 Å². The number of anilines is 1. The molecular formula is C18H12F4N2O2. The van der Waals surface area contributed by atoms with Gasteiger partial charge in [0.25, 0.3) is 0 Å². The van der Waals surface area contributed by atoms with Crippen LogP contribution in [0.2, 0.25) is 0 Å². The predicted octanol–water partition coefficient (Wildman–Crippen LogP) is 5.16. The van der Waals surface area contributed by atoms with E-state index in [1.807, 2.05) is 0 Å². The summed E-state index contributed by atoms with van der Waals surface area (Å²) in [5.74, 6) is -0.909. The van der Waals surface area contributed by atoms with Gasteiger partial charge in [-0.1, -0.05) is 6.07 Å². The maximum atomic E-state index is 14.0. The number of nitrogens with zero attached hydrogens (tertiary/aromatic N) is 1. The molecule has 0 saturated carbocycles. The first-order valence-corrected chi connectivity index (χ1v) is 7.36. The molecule has 0 aliphatic rings.